The van der Waals surface area contributed by atoms with Crippen LogP contribution in [-0.4, -0.2) is 48.8 Å². The Labute approximate surface area is 227 Å². The van der Waals surface area contributed by atoms with Crippen molar-refractivity contribution >= 4 is 17.6 Å². The molecule has 39 heavy (non-hydrogen) atoms. The van der Waals surface area contributed by atoms with E-state index >= 15 is 0 Å². The summed E-state index contributed by atoms with van der Waals surface area (Å²) in [6, 6.07) is 15.7. The molecule has 3 aliphatic heterocycles. The van der Waals surface area contributed by atoms with Gasteiger partial charge in [0.15, 0.2) is 11.5 Å². The van der Waals surface area contributed by atoms with Crippen molar-refractivity contribution in [1.29, 1.82) is 0 Å². The molecule has 202 valence electrons. The van der Waals surface area contributed by atoms with Gasteiger partial charge in [-0.1, -0.05) is 12.1 Å². The number of piperidine rings is 1. The van der Waals surface area contributed by atoms with Crippen LogP contribution in [-0.2, 0) is 6.54 Å². The standard InChI is InChI=1S/C30H32N4O5/c1-18-24(4-3-5-25(18)37-2)30(36)33-21-13-22-8-9-23(14-21)34(22)28-11-7-20(16-31-28)29(35)32-15-19-6-10-26-27(12-19)39-17-38-26/h3-7,10-12,16,21-23H,8-9,13-15,17H2,1-2H3,(H,32,35)(H,33,36). The largest absolute Gasteiger partial charge is 0.496 e. The quantitative estimate of drug-likeness (QED) is 0.478. The Hall–Kier alpha value is -4.27. The number of ether oxygens (including phenoxy) is 3. The number of rotatable bonds is 7. The van der Waals surface area contributed by atoms with Gasteiger partial charge < -0.3 is 29.7 Å². The number of hydrogen-bond acceptors (Lipinski definition) is 7. The maximum absolute atomic E-state index is 13.0. The highest BCUT2D eigenvalue weighted by molar-refractivity contribution is 5.96. The Bertz CT molecular complexity index is 1380. The zero-order valence-corrected chi connectivity index (χ0v) is 22.1. The number of carbonyl (C=O) groups excluding carboxylic acids is 2. The molecule has 0 radical (unpaired) electrons. The van der Waals surface area contributed by atoms with E-state index in [0.717, 1.165) is 48.4 Å². The van der Waals surface area contributed by atoms with Crippen LogP contribution in [0.3, 0.4) is 0 Å². The van der Waals surface area contributed by atoms with Crippen molar-refractivity contribution in [3.05, 3.63) is 77.0 Å². The van der Waals surface area contributed by atoms with E-state index in [4.69, 9.17) is 14.2 Å². The molecule has 0 spiro atoms. The molecule has 2 atom stereocenters. The first-order chi connectivity index (χ1) is 19.0. The second-order valence-corrected chi connectivity index (χ2v) is 10.3. The van der Waals surface area contributed by atoms with Gasteiger partial charge in [0.1, 0.15) is 11.6 Å². The van der Waals surface area contributed by atoms with Crippen LogP contribution < -0.4 is 29.7 Å². The van der Waals surface area contributed by atoms with Gasteiger partial charge in [-0.15, -0.1) is 0 Å². The molecular formula is C30H32N4O5. The second-order valence-electron chi connectivity index (χ2n) is 10.3. The first kappa shape index (κ1) is 25.0. The summed E-state index contributed by atoms with van der Waals surface area (Å²) < 4.78 is 16.1. The van der Waals surface area contributed by atoms with Gasteiger partial charge in [-0.25, -0.2) is 4.98 Å². The van der Waals surface area contributed by atoms with Gasteiger partial charge in [-0.2, -0.15) is 0 Å². The van der Waals surface area contributed by atoms with E-state index in [1.54, 1.807) is 13.3 Å². The highest BCUT2D eigenvalue weighted by Gasteiger charge is 2.42. The molecule has 6 rings (SSSR count). The molecule has 3 aliphatic rings. The molecule has 0 saturated carbocycles. The number of benzene rings is 2. The maximum atomic E-state index is 13.0. The third-order valence-corrected chi connectivity index (χ3v) is 7.98. The van der Waals surface area contributed by atoms with Crippen LogP contribution >= 0.6 is 0 Å². The fourth-order valence-electron chi connectivity index (χ4n) is 6.02. The predicted octanol–water partition coefficient (Wildman–Crippen LogP) is 3.99. The SMILES string of the molecule is COc1cccc(C(=O)NC2CC3CCC(C2)N3c2ccc(C(=O)NCc3ccc4c(c3)OCO4)cn2)c1C. The highest BCUT2D eigenvalue weighted by Crippen LogP contribution is 2.39. The van der Waals surface area contributed by atoms with E-state index in [1.165, 1.54) is 0 Å². The summed E-state index contributed by atoms with van der Waals surface area (Å²) in [6.07, 6.45) is 5.50. The van der Waals surface area contributed by atoms with E-state index in [9.17, 15) is 9.59 Å². The molecule has 9 heteroatoms. The van der Waals surface area contributed by atoms with Crippen LogP contribution in [0.1, 0.15) is 57.5 Å². The lowest BCUT2D eigenvalue weighted by molar-refractivity contribution is 0.0923. The van der Waals surface area contributed by atoms with Gasteiger partial charge in [0, 0.05) is 42.0 Å². The summed E-state index contributed by atoms with van der Waals surface area (Å²) >= 11 is 0. The minimum atomic E-state index is -0.177. The van der Waals surface area contributed by atoms with Crippen molar-refractivity contribution in [3.8, 4) is 17.2 Å². The number of amides is 2. The molecule has 2 saturated heterocycles. The Kier molecular flexibility index (Phi) is 6.72. The van der Waals surface area contributed by atoms with Crippen molar-refractivity contribution in [3.63, 3.8) is 0 Å². The molecule has 0 aliphatic carbocycles. The fourth-order valence-corrected chi connectivity index (χ4v) is 6.02. The average Bonchev–Trinajstić information content (AvgIpc) is 3.53. The van der Waals surface area contributed by atoms with Crippen molar-refractivity contribution in [1.82, 2.24) is 15.6 Å². The van der Waals surface area contributed by atoms with Crippen LogP contribution in [0.15, 0.2) is 54.7 Å². The first-order valence-electron chi connectivity index (χ1n) is 13.4. The molecule has 1 aromatic heterocycles. The lowest BCUT2D eigenvalue weighted by Crippen LogP contribution is -2.50. The van der Waals surface area contributed by atoms with Gasteiger partial charge in [-0.05, 0) is 74.6 Å². The number of nitrogens with one attached hydrogen (secondary N) is 2. The van der Waals surface area contributed by atoms with Gasteiger partial charge in [0.25, 0.3) is 11.8 Å². The number of hydrogen-bond donors (Lipinski definition) is 2. The average molecular weight is 529 g/mol. The lowest BCUT2D eigenvalue weighted by atomic mass is 9.96. The molecule has 9 nitrogen and oxygen atoms in total. The molecule has 2 N–H and O–H groups in total. The zero-order chi connectivity index (χ0) is 26.9. The van der Waals surface area contributed by atoms with Crippen molar-refractivity contribution in [2.45, 2.75) is 57.3 Å². The minimum absolute atomic E-state index is 0.0570. The number of fused-ring (bicyclic) bond motifs is 3. The molecular weight excluding hydrogens is 496 g/mol. The Balaban J connectivity index is 1.06. The van der Waals surface area contributed by atoms with Gasteiger partial charge in [-0.3, -0.25) is 9.59 Å². The van der Waals surface area contributed by atoms with Crippen molar-refractivity contribution in [2.75, 3.05) is 18.8 Å². The molecule has 2 aromatic carbocycles. The second kappa shape index (κ2) is 10.5. The normalized spacial score (nSPS) is 21.0. The molecule has 4 heterocycles. The third-order valence-electron chi connectivity index (χ3n) is 7.98. The van der Waals surface area contributed by atoms with Crippen LogP contribution in [0.5, 0.6) is 17.2 Å². The van der Waals surface area contributed by atoms with E-state index in [1.807, 2.05) is 55.5 Å². The van der Waals surface area contributed by atoms with Crippen molar-refractivity contribution < 1.29 is 23.8 Å². The Morgan fingerprint density at radius 2 is 1.82 bits per heavy atom. The maximum Gasteiger partial charge on any atom is 0.253 e. The summed E-state index contributed by atoms with van der Waals surface area (Å²) in [6.45, 7) is 2.52. The lowest BCUT2D eigenvalue weighted by Gasteiger charge is -2.40. The summed E-state index contributed by atoms with van der Waals surface area (Å²) in [7, 11) is 1.62. The van der Waals surface area contributed by atoms with E-state index in [2.05, 4.69) is 20.5 Å². The Morgan fingerprint density at radius 3 is 2.56 bits per heavy atom. The number of anilines is 1. The van der Waals surface area contributed by atoms with E-state index in [0.29, 0.717) is 41.3 Å². The van der Waals surface area contributed by atoms with Crippen LogP contribution in [0.2, 0.25) is 0 Å². The third kappa shape index (κ3) is 4.96. The number of pyridine rings is 1. The minimum Gasteiger partial charge on any atom is -0.496 e. The topological polar surface area (TPSA) is 102 Å². The number of nitrogens with zero attached hydrogens (tertiary/aromatic N) is 2. The smallest absolute Gasteiger partial charge is 0.253 e. The van der Waals surface area contributed by atoms with Crippen LogP contribution in [0, 0.1) is 6.92 Å². The predicted molar refractivity (Wildman–Crippen MR) is 145 cm³/mol. The number of carbonyl (C=O) groups is 2. The van der Waals surface area contributed by atoms with E-state index in [-0.39, 0.29) is 24.6 Å². The monoisotopic (exact) mass is 528 g/mol. The summed E-state index contributed by atoms with van der Waals surface area (Å²) in [4.78, 5) is 32.8. The van der Waals surface area contributed by atoms with Gasteiger partial charge in [0.05, 0.1) is 12.7 Å². The fraction of sp³-hybridized carbons (Fsp3) is 0.367. The summed E-state index contributed by atoms with van der Waals surface area (Å²) in [5.41, 5.74) is 2.95. The first-order valence-corrected chi connectivity index (χ1v) is 13.4. The Morgan fingerprint density at radius 1 is 1.03 bits per heavy atom. The molecule has 2 unspecified atom stereocenters. The summed E-state index contributed by atoms with van der Waals surface area (Å²) in [5, 5.41) is 6.20. The number of methoxy groups -OCH3 is 1. The zero-order valence-electron chi connectivity index (χ0n) is 22.1. The van der Waals surface area contributed by atoms with E-state index < -0.39 is 0 Å². The molecule has 2 amide bonds. The molecule has 2 fully saturated rings. The highest BCUT2D eigenvalue weighted by atomic mass is 16.7. The number of aromatic nitrogens is 1. The summed E-state index contributed by atoms with van der Waals surface area (Å²) in [5.74, 6) is 2.78. The molecule has 2 bridgehead atoms. The molecule has 3 aromatic rings. The van der Waals surface area contributed by atoms with Crippen LogP contribution in [0.25, 0.3) is 0 Å². The van der Waals surface area contributed by atoms with Crippen LogP contribution in [0.4, 0.5) is 5.82 Å². The van der Waals surface area contributed by atoms with Gasteiger partial charge >= 0.3 is 0 Å². The van der Waals surface area contributed by atoms with Gasteiger partial charge in [0.2, 0.25) is 6.79 Å². The van der Waals surface area contributed by atoms with Crippen molar-refractivity contribution in [2.24, 2.45) is 0 Å².